The van der Waals surface area contributed by atoms with E-state index >= 15 is 0 Å². The van der Waals surface area contributed by atoms with Crippen molar-refractivity contribution in [2.75, 3.05) is 18.0 Å². The molecule has 0 fully saturated rings. The monoisotopic (exact) mass is 415 g/mol. The smallest absolute Gasteiger partial charge is 0.352 e. The highest BCUT2D eigenvalue weighted by Crippen LogP contribution is 2.26. The number of rotatable bonds is 7. The molecule has 150 valence electrons. The Labute approximate surface area is 163 Å². The van der Waals surface area contributed by atoms with Gasteiger partial charge in [0, 0.05) is 37.9 Å². The molecule has 2 aromatic heterocycles. The van der Waals surface area contributed by atoms with Crippen molar-refractivity contribution in [1.29, 1.82) is 0 Å². The second-order valence-corrected chi connectivity index (χ2v) is 5.87. The van der Waals surface area contributed by atoms with Gasteiger partial charge in [-0.3, -0.25) is 14.6 Å². The second-order valence-electron chi connectivity index (χ2n) is 5.51. The maximum absolute atomic E-state index is 12.4. The molecule has 28 heavy (non-hydrogen) atoms. The maximum Gasteiger partial charge on any atom is 0.409 e. The van der Waals surface area contributed by atoms with E-state index in [-0.39, 0.29) is 30.1 Å². The zero-order valence-corrected chi connectivity index (χ0v) is 15.5. The Morgan fingerprint density at radius 3 is 2.75 bits per heavy atom. The summed E-state index contributed by atoms with van der Waals surface area (Å²) in [5.41, 5.74) is 1.03. The number of halogens is 4. The van der Waals surface area contributed by atoms with Crippen LogP contribution in [0.25, 0.3) is 5.69 Å². The van der Waals surface area contributed by atoms with Gasteiger partial charge in [-0.05, 0) is 19.1 Å². The minimum atomic E-state index is -4.57. The van der Waals surface area contributed by atoms with E-state index in [0.29, 0.717) is 24.0 Å². The van der Waals surface area contributed by atoms with Crippen molar-refractivity contribution in [2.45, 2.75) is 19.5 Å². The fraction of sp³-hybridized carbons (Fsp3) is 0.294. The topological polar surface area (TPSA) is 80.1 Å². The molecule has 0 aliphatic heterocycles. The Kier molecular flexibility index (Phi) is 7.16. The summed E-state index contributed by atoms with van der Waals surface area (Å²) in [7, 11) is 0. The minimum absolute atomic E-state index is 0.108. The Bertz CT molecular complexity index is 852. The van der Waals surface area contributed by atoms with Crippen molar-refractivity contribution >= 4 is 29.1 Å². The average molecular weight is 416 g/mol. The highest BCUT2D eigenvalue weighted by Gasteiger charge is 2.23. The first kappa shape index (κ1) is 21.4. The molecule has 1 N–H and O–H groups in total. The van der Waals surface area contributed by atoms with Crippen LogP contribution >= 0.6 is 11.6 Å². The Balaban J connectivity index is 1.99. The molecular weight excluding hydrogens is 399 g/mol. The predicted octanol–water partition coefficient (Wildman–Crippen LogP) is 2.90. The summed E-state index contributed by atoms with van der Waals surface area (Å²) in [6, 6.07) is 3.49. The Morgan fingerprint density at radius 2 is 2.14 bits per heavy atom. The molecule has 0 saturated heterocycles. The first-order valence-electron chi connectivity index (χ1n) is 8.21. The van der Waals surface area contributed by atoms with Gasteiger partial charge in [0.1, 0.15) is 5.69 Å². The Hall–Kier alpha value is -2.88. The molecule has 0 atom stereocenters. The number of aromatic nitrogens is 3. The van der Waals surface area contributed by atoms with Gasteiger partial charge in [-0.25, -0.2) is 4.68 Å². The summed E-state index contributed by atoms with van der Waals surface area (Å²) < 4.78 is 37.5. The molecule has 0 saturated carbocycles. The molecule has 0 unspecified atom stereocenters. The summed E-state index contributed by atoms with van der Waals surface area (Å²) >= 11 is 6.15. The molecule has 2 heterocycles. The lowest BCUT2D eigenvalue weighted by atomic mass is 10.3. The molecule has 0 bridgehead atoms. The number of hydrogen-bond donors (Lipinski definition) is 1. The van der Waals surface area contributed by atoms with E-state index in [4.69, 9.17) is 11.6 Å². The first-order valence-corrected chi connectivity index (χ1v) is 8.58. The van der Waals surface area contributed by atoms with Crippen LogP contribution < -0.4 is 10.2 Å². The van der Waals surface area contributed by atoms with Crippen LogP contribution in [-0.4, -0.2) is 45.8 Å². The average Bonchev–Trinajstić information content (AvgIpc) is 3.02. The third kappa shape index (κ3) is 6.08. The van der Waals surface area contributed by atoms with Crippen LogP contribution in [0.4, 0.5) is 18.9 Å². The van der Waals surface area contributed by atoms with Crippen LogP contribution in [0.5, 0.6) is 0 Å². The fourth-order valence-corrected chi connectivity index (χ4v) is 2.52. The number of nitrogens with one attached hydrogen (secondary N) is 1. The van der Waals surface area contributed by atoms with Crippen molar-refractivity contribution < 1.29 is 22.8 Å². The molecule has 2 aromatic rings. The molecular formula is C17H17ClF3N5O2. The van der Waals surface area contributed by atoms with Crippen molar-refractivity contribution in [3.8, 4) is 5.69 Å². The number of nitrogens with zero attached hydrogens (tertiary/aromatic N) is 4. The van der Waals surface area contributed by atoms with Gasteiger partial charge in [0.05, 0.1) is 18.1 Å². The maximum atomic E-state index is 12.4. The quantitative estimate of drug-likeness (QED) is 0.705. The van der Waals surface area contributed by atoms with Gasteiger partial charge >= 0.3 is 6.18 Å². The van der Waals surface area contributed by atoms with E-state index < -0.39 is 12.1 Å². The van der Waals surface area contributed by atoms with Crippen LogP contribution in [0, 0.1) is 0 Å². The number of alkyl halides is 3. The van der Waals surface area contributed by atoms with Gasteiger partial charge in [-0.1, -0.05) is 11.6 Å². The second kappa shape index (κ2) is 9.36. The number of allylic oxidation sites excluding steroid dienone is 1. The zero-order chi connectivity index (χ0) is 20.7. The van der Waals surface area contributed by atoms with E-state index in [1.807, 2.05) is 0 Å². The third-order valence-corrected chi connectivity index (χ3v) is 3.80. The number of carbonyl (C=O) groups excluding carboxylic acids is 2. The number of anilines is 1. The van der Waals surface area contributed by atoms with E-state index in [9.17, 15) is 22.8 Å². The molecule has 7 nitrogen and oxygen atoms in total. The summed E-state index contributed by atoms with van der Waals surface area (Å²) in [5, 5.41) is 6.49. The fourth-order valence-electron chi connectivity index (χ4n) is 2.28. The largest absolute Gasteiger partial charge is 0.409 e. The van der Waals surface area contributed by atoms with Gasteiger partial charge < -0.3 is 10.2 Å². The van der Waals surface area contributed by atoms with Crippen molar-refractivity contribution in [3.05, 3.63) is 48.0 Å². The number of pyridine rings is 1. The summed E-state index contributed by atoms with van der Waals surface area (Å²) in [6.45, 7) is 1.91. The van der Waals surface area contributed by atoms with Gasteiger partial charge in [0.15, 0.2) is 5.15 Å². The van der Waals surface area contributed by atoms with Crippen LogP contribution in [0.15, 0.2) is 42.9 Å². The lowest BCUT2D eigenvalue weighted by Crippen LogP contribution is -2.34. The first-order chi connectivity index (χ1) is 13.2. The zero-order valence-electron chi connectivity index (χ0n) is 14.8. The van der Waals surface area contributed by atoms with Gasteiger partial charge in [-0.15, -0.1) is 0 Å². The SMILES string of the molecule is CCN(C(=O)CCNC(=O)/C=C/C(F)(F)F)c1cn(-c2cccnc2)nc1Cl. The lowest BCUT2D eigenvalue weighted by molar-refractivity contribution is -0.119. The standard InChI is InChI=1S/C17H17ClF3N5O2/c1-2-25(15(28)6-9-23-14(27)5-7-17(19,20)21)13-11-26(24-16(13)18)12-4-3-8-22-10-12/h3-5,7-8,10-11H,2,6,9H2,1H3,(H,23,27)/b7-5+. The number of amides is 2. The highest BCUT2D eigenvalue weighted by molar-refractivity contribution is 6.32. The molecule has 0 aromatic carbocycles. The molecule has 2 amide bonds. The van der Waals surface area contributed by atoms with E-state index in [1.54, 1.807) is 37.6 Å². The summed E-state index contributed by atoms with van der Waals surface area (Å²) in [6.07, 6.45) is 0.271. The third-order valence-electron chi connectivity index (χ3n) is 3.53. The number of hydrogen-bond acceptors (Lipinski definition) is 4. The van der Waals surface area contributed by atoms with Crippen LogP contribution in [-0.2, 0) is 9.59 Å². The van der Waals surface area contributed by atoms with Crippen molar-refractivity contribution in [2.24, 2.45) is 0 Å². The Morgan fingerprint density at radius 1 is 1.39 bits per heavy atom. The van der Waals surface area contributed by atoms with E-state index in [1.165, 1.54) is 9.58 Å². The highest BCUT2D eigenvalue weighted by atomic mass is 35.5. The predicted molar refractivity (Wildman–Crippen MR) is 97.2 cm³/mol. The van der Waals surface area contributed by atoms with Gasteiger partial charge in [0.2, 0.25) is 11.8 Å². The normalized spacial score (nSPS) is 11.6. The van der Waals surface area contributed by atoms with Gasteiger partial charge in [-0.2, -0.15) is 18.3 Å². The van der Waals surface area contributed by atoms with Gasteiger partial charge in [0.25, 0.3) is 0 Å². The number of carbonyl (C=O) groups is 2. The van der Waals surface area contributed by atoms with Crippen LogP contribution in [0.2, 0.25) is 5.15 Å². The van der Waals surface area contributed by atoms with Crippen molar-refractivity contribution in [1.82, 2.24) is 20.1 Å². The molecule has 11 heteroatoms. The molecule has 0 radical (unpaired) electrons. The molecule has 0 aliphatic rings. The summed E-state index contributed by atoms with van der Waals surface area (Å²) in [5.74, 6) is -1.30. The van der Waals surface area contributed by atoms with E-state index in [2.05, 4.69) is 15.4 Å². The van der Waals surface area contributed by atoms with Crippen molar-refractivity contribution in [3.63, 3.8) is 0 Å². The minimum Gasteiger partial charge on any atom is -0.352 e. The molecule has 0 spiro atoms. The molecule has 0 aliphatic carbocycles. The summed E-state index contributed by atoms with van der Waals surface area (Å²) in [4.78, 5) is 29.1. The van der Waals surface area contributed by atoms with Crippen LogP contribution in [0.1, 0.15) is 13.3 Å². The molecule has 2 rings (SSSR count). The lowest BCUT2D eigenvalue weighted by Gasteiger charge is -2.19. The van der Waals surface area contributed by atoms with Crippen LogP contribution in [0.3, 0.4) is 0 Å². The van der Waals surface area contributed by atoms with E-state index in [0.717, 1.165) is 0 Å².